The summed E-state index contributed by atoms with van der Waals surface area (Å²) in [7, 11) is 0. The second-order valence-electron chi connectivity index (χ2n) is 3.83. The van der Waals surface area contributed by atoms with Crippen molar-refractivity contribution in [3.63, 3.8) is 0 Å². The van der Waals surface area contributed by atoms with Crippen molar-refractivity contribution in [1.82, 2.24) is 5.16 Å². The highest BCUT2D eigenvalue weighted by atomic mass is 16.5. The van der Waals surface area contributed by atoms with E-state index in [-0.39, 0.29) is 0 Å². The summed E-state index contributed by atoms with van der Waals surface area (Å²) in [6.07, 6.45) is 0. The van der Waals surface area contributed by atoms with Crippen LogP contribution in [0.4, 0.5) is 11.5 Å². The summed E-state index contributed by atoms with van der Waals surface area (Å²) < 4.78 is 10.6. The first-order valence-electron chi connectivity index (χ1n) is 5.33. The van der Waals surface area contributed by atoms with Crippen molar-refractivity contribution in [3.05, 3.63) is 18.2 Å². The van der Waals surface area contributed by atoms with Gasteiger partial charge in [0.1, 0.15) is 0 Å². The van der Waals surface area contributed by atoms with Gasteiger partial charge in [-0.3, -0.25) is 0 Å². The number of nitrogens with two attached hydrogens (primary N) is 1. The average molecular weight is 219 g/mol. The minimum Gasteiger partial charge on any atom is -0.396 e. The summed E-state index contributed by atoms with van der Waals surface area (Å²) >= 11 is 0. The fourth-order valence-corrected chi connectivity index (χ4v) is 1.97. The van der Waals surface area contributed by atoms with Crippen molar-refractivity contribution in [2.45, 2.75) is 0 Å². The van der Waals surface area contributed by atoms with Crippen molar-refractivity contribution in [1.29, 1.82) is 0 Å². The molecule has 1 fully saturated rings. The molecule has 1 aromatic carbocycles. The number of ether oxygens (including phenoxy) is 1. The van der Waals surface area contributed by atoms with E-state index < -0.39 is 0 Å². The van der Waals surface area contributed by atoms with Gasteiger partial charge in [0.15, 0.2) is 11.4 Å². The van der Waals surface area contributed by atoms with E-state index in [0.717, 1.165) is 37.5 Å². The molecular formula is C11H13N3O2. The van der Waals surface area contributed by atoms with Gasteiger partial charge in [-0.25, -0.2) is 0 Å². The lowest BCUT2D eigenvalue weighted by Crippen LogP contribution is -2.36. The fourth-order valence-electron chi connectivity index (χ4n) is 1.97. The molecule has 1 aliphatic rings. The predicted molar refractivity (Wildman–Crippen MR) is 61.5 cm³/mol. The van der Waals surface area contributed by atoms with Crippen molar-refractivity contribution in [2.24, 2.45) is 0 Å². The van der Waals surface area contributed by atoms with E-state index in [0.29, 0.717) is 11.3 Å². The Morgan fingerprint density at radius 2 is 2.06 bits per heavy atom. The number of rotatable bonds is 1. The maximum atomic E-state index is 5.82. The highest BCUT2D eigenvalue weighted by molar-refractivity contribution is 5.95. The number of hydrogen-bond acceptors (Lipinski definition) is 5. The Morgan fingerprint density at radius 1 is 1.25 bits per heavy atom. The number of nitrogen functional groups attached to an aromatic ring is 1. The highest BCUT2D eigenvalue weighted by Crippen LogP contribution is 2.29. The Morgan fingerprint density at radius 3 is 2.88 bits per heavy atom. The van der Waals surface area contributed by atoms with Gasteiger partial charge in [-0.1, -0.05) is 11.2 Å². The zero-order valence-corrected chi connectivity index (χ0v) is 8.85. The third kappa shape index (κ3) is 1.40. The molecule has 1 aliphatic heterocycles. The molecule has 2 N–H and O–H groups in total. The lowest BCUT2D eigenvalue weighted by atomic mass is 10.2. The summed E-state index contributed by atoms with van der Waals surface area (Å²) in [6, 6.07) is 5.71. The molecule has 0 saturated carbocycles. The number of nitrogens with zero attached hydrogens (tertiary/aromatic N) is 2. The van der Waals surface area contributed by atoms with Crippen LogP contribution in [0.2, 0.25) is 0 Å². The summed E-state index contributed by atoms with van der Waals surface area (Å²) in [4.78, 5) is 2.16. The fraction of sp³-hybridized carbons (Fsp3) is 0.364. The zero-order chi connectivity index (χ0) is 11.0. The first kappa shape index (κ1) is 9.47. The summed E-state index contributed by atoms with van der Waals surface area (Å²) in [5.74, 6) is 0.866. The molecule has 2 aromatic rings. The van der Waals surface area contributed by atoms with Gasteiger partial charge in [0, 0.05) is 13.1 Å². The third-order valence-electron chi connectivity index (χ3n) is 2.82. The standard InChI is InChI=1S/C11H13N3O2/c12-9-3-1-2-8-10(9)16-13-11(8)14-4-6-15-7-5-14/h1-3H,4-7,12H2. The maximum Gasteiger partial charge on any atom is 0.191 e. The molecule has 0 aliphatic carbocycles. The lowest BCUT2D eigenvalue weighted by Gasteiger charge is -2.26. The van der Waals surface area contributed by atoms with Crippen molar-refractivity contribution >= 4 is 22.5 Å². The summed E-state index contributed by atoms with van der Waals surface area (Å²) in [5, 5.41) is 5.07. The number of morpholine rings is 1. The molecule has 3 rings (SSSR count). The van der Waals surface area contributed by atoms with E-state index in [1.54, 1.807) is 0 Å². The Kier molecular flexibility index (Phi) is 2.18. The van der Waals surface area contributed by atoms with E-state index in [1.807, 2.05) is 18.2 Å². The molecule has 0 radical (unpaired) electrons. The molecule has 84 valence electrons. The molecule has 0 bridgehead atoms. The van der Waals surface area contributed by atoms with Gasteiger partial charge in [0.2, 0.25) is 0 Å². The van der Waals surface area contributed by atoms with Crippen LogP contribution in [0.1, 0.15) is 0 Å². The maximum absolute atomic E-state index is 5.82. The lowest BCUT2D eigenvalue weighted by molar-refractivity contribution is 0.122. The van der Waals surface area contributed by atoms with Crippen LogP contribution in [0, 0.1) is 0 Å². The first-order valence-corrected chi connectivity index (χ1v) is 5.33. The third-order valence-corrected chi connectivity index (χ3v) is 2.82. The second kappa shape index (κ2) is 3.68. The predicted octanol–water partition coefficient (Wildman–Crippen LogP) is 1.25. The van der Waals surface area contributed by atoms with Crippen LogP contribution in [0.3, 0.4) is 0 Å². The molecule has 0 atom stereocenters. The van der Waals surface area contributed by atoms with E-state index in [4.69, 9.17) is 15.0 Å². The quantitative estimate of drug-likeness (QED) is 0.731. The Labute approximate surface area is 92.7 Å². The number of benzene rings is 1. The van der Waals surface area contributed by atoms with Crippen LogP contribution in [0.5, 0.6) is 0 Å². The monoisotopic (exact) mass is 219 g/mol. The minimum atomic E-state index is 0.629. The Balaban J connectivity index is 2.06. The number of para-hydroxylation sites is 1. The molecule has 0 unspecified atom stereocenters. The van der Waals surface area contributed by atoms with Crippen LogP contribution in [0.25, 0.3) is 11.0 Å². The van der Waals surface area contributed by atoms with Gasteiger partial charge in [-0.2, -0.15) is 0 Å². The molecule has 2 heterocycles. The Hall–Kier alpha value is -1.75. The van der Waals surface area contributed by atoms with Gasteiger partial charge >= 0.3 is 0 Å². The van der Waals surface area contributed by atoms with Gasteiger partial charge < -0.3 is 19.9 Å². The topological polar surface area (TPSA) is 64.5 Å². The van der Waals surface area contributed by atoms with Gasteiger partial charge in [-0.15, -0.1) is 0 Å². The second-order valence-corrected chi connectivity index (χ2v) is 3.83. The first-order chi connectivity index (χ1) is 7.86. The van der Waals surface area contributed by atoms with Crippen LogP contribution in [0.15, 0.2) is 22.7 Å². The smallest absolute Gasteiger partial charge is 0.191 e. The van der Waals surface area contributed by atoms with Crippen LogP contribution >= 0.6 is 0 Å². The van der Waals surface area contributed by atoms with E-state index in [1.165, 1.54) is 0 Å². The molecule has 1 aromatic heterocycles. The number of aromatic nitrogens is 1. The zero-order valence-electron chi connectivity index (χ0n) is 8.85. The largest absolute Gasteiger partial charge is 0.396 e. The summed E-state index contributed by atoms with van der Waals surface area (Å²) in [5.41, 5.74) is 7.12. The van der Waals surface area contributed by atoms with Crippen molar-refractivity contribution in [3.8, 4) is 0 Å². The van der Waals surface area contributed by atoms with Crippen molar-refractivity contribution in [2.75, 3.05) is 36.9 Å². The normalized spacial score (nSPS) is 16.9. The molecule has 16 heavy (non-hydrogen) atoms. The van der Waals surface area contributed by atoms with E-state index in [9.17, 15) is 0 Å². The number of fused-ring (bicyclic) bond motifs is 1. The summed E-state index contributed by atoms with van der Waals surface area (Å²) in [6.45, 7) is 3.15. The Bertz CT molecular complexity index is 503. The van der Waals surface area contributed by atoms with E-state index in [2.05, 4.69) is 10.1 Å². The van der Waals surface area contributed by atoms with Crippen LogP contribution < -0.4 is 10.6 Å². The van der Waals surface area contributed by atoms with Gasteiger partial charge in [0.25, 0.3) is 0 Å². The molecule has 1 saturated heterocycles. The SMILES string of the molecule is Nc1cccc2c(N3CCOCC3)noc12. The van der Waals surface area contributed by atoms with Crippen LogP contribution in [-0.2, 0) is 4.74 Å². The molecule has 5 nitrogen and oxygen atoms in total. The van der Waals surface area contributed by atoms with Gasteiger partial charge in [0.05, 0.1) is 24.3 Å². The molecular weight excluding hydrogens is 206 g/mol. The van der Waals surface area contributed by atoms with Gasteiger partial charge in [-0.05, 0) is 12.1 Å². The molecule has 0 spiro atoms. The number of hydrogen-bond donors (Lipinski definition) is 1. The average Bonchev–Trinajstić information content (AvgIpc) is 2.75. The van der Waals surface area contributed by atoms with Crippen LogP contribution in [-0.4, -0.2) is 31.5 Å². The molecule has 5 heteroatoms. The van der Waals surface area contributed by atoms with Crippen molar-refractivity contribution < 1.29 is 9.26 Å². The minimum absolute atomic E-state index is 0.629. The van der Waals surface area contributed by atoms with E-state index >= 15 is 0 Å². The molecule has 0 amide bonds. The number of anilines is 2. The highest BCUT2D eigenvalue weighted by Gasteiger charge is 2.18.